The molecular weight excluding hydrogens is 406 g/mol. The fourth-order valence-electron chi connectivity index (χ4n) is 3.33. The van der Waals surface area contributed by atoms with Crippen molar-refractivity contribution in [3.05, 3.63) is 95.3 Å². The van der Waals surface area contributed by atoms with Gasteiger partial charge in [0.25, 0.3) is 0 Å². The smallest absolute Gasteiger partial charge is 0.236 e. The highest BCUT2D eigenvalue weighted by Gasteiger charge is 2.16. The lowest BCUT2D eigenvalue weighted by atomic mass is 10.1. The Kier molecular flexibility index (Phi) is 5.30. The highest BCUT2D eigenvalue weighted by molar-refractivity contribution is 7.91. The zero-order valence-corrected chi connectivity index (χ0v) is 17.4. The Bertz CT molecular complexity index is 1250. The maximum Gasteiger partial charge on any atom is 0.236 e. The van der Waals surface area contributed by atoms with Crippen molar-refractivity contribution in [1.82, 2.24) is 9.55 Å². The first-order valence-corrected chi connectivity index (χ1v) is 11.2. The predicted octanol–water partition coefficient (Wildman–Crippen LogP) is 5.24. The van der Waals surface area contributed by atoms with E-state index in [1.165, 1.54) is 5.56 Å². The van der Waals surface area contributed by atoms with E-state index >= 15 is 0 Å². The Morgan fingerprint density at radius 2 is 1.76 bits per heavy atom. The number of halogens is 1. The molecule has 5 nitrogen and oxygen atoms in total. The Morgan fingerprint density at radius 3 is 2.52 bits per heavy atom. The van der Waals surface area contributed by atoms with Crippen LogP contribution in [-0.4, -0.2) is 18.0 Å². The zero-order chi connectivity index (χ0) is 20.4. The first-order chi connectivity index (χ1) is 13.9. The molecule has 1 N–H and O–H groups in total. The van der Waals surface area contributed by atoms with Crippen LogP contribution in [0.5, 0.6) is 0 Å². The minimum atomic E-state index is -3.60. The van der Waals surface area contributed by atoms with Crippen LogP contribution in [0.2, 0.25) is 5.02 Å². The largest absolute Gasteiger partial charge is 0.323 e. The van der Waals surface area contributed by atoms with Crippen LogP contribution >= 0.6 is 11.6 Å². The summed E-state index contributed by atoms with van der Waals surface area (Å²) in [7, 11) is -3.60. The van der Waals surface area contributed by atoms with Crippen LogP contribution in [0.3, 0.4) is 0 Å². The molecule has 29 heavy (non-hydrogen) atoms. The number of nitrogens with one attached hydrogen (secondary N) is 1. The summed E-state index contributed by atoms with van der Waals surface area (Å²) in [5.41, 5.74) is 3.88. The fraction of sp³-hybridized carbons (Fsp3) is 0.136. The lowest BCUT2D eigenvalue weighted by Gasteiger charge is -2.15. The standard InChI is InChI=1S/C22H20ClN3O2S/c1-16(17-7-3-2-4-8-17)26-15-24-21-13-19(11-12-22(21)26)25-29(27,28)14-18-9-5-6-10-20(18)23/h2-13,15-16,25H,14H2,1H3/t16-/m1/s1. The van der Waals surface area contributed by atoms with Crippen molar-refractivity contribution >= 4 is 38.3 Å². The van der Waals surface area contributed by atoms with Gasteiger partial charge in [0.1, 0.15) is 0 Å². The highest BCUT2D eigenvalue weighted by atomic mass is 35.5. The number of anilines is 1. The summed E-state index contributed by atoms with van der Waals surface area (Å²) >= 11 is 6.09. The SMILES string of the molecule is C[C@H](c1ccccc1)n1cnc2cc(NS(=O)(=O)Cc3ccccc3Cl)ccc21. The van der Waals surface area contributed by atoms with Crippen molar-refractivity contribution in [3.8, 4) is 0 Å². The Hall–Kier alpha value is -2.83. The topological polar surface area (TPSA) is 64.0 Å². The van der Waals surface area contributed by atoms with Gasteiger partial charge in [-0.2, -0.15) is 0 Å². The van der Waals surface area contributed by atoms with Gasteiger partial charge in [0, 0.05) is 5.02 Å². The molecule has 1 heterocycles. The number of aromatic nitrogens is 2. The molecule has 4 rings (SSSR count). The van der Waals surface area contributed by atoms with Gasteiger partial charge in [0.05, 0.1) is 34.8 Å². The summed E-state index contributed by atoms with van der Waals surface area (Å²) in [5, 5.41) is 0.432. The van der Waals surface area contributed by atoms with Gasteiger partial charge < -0.3 is 4.57 Å². The molecule has 0 radical (unpaired) electrons. The molecule has 0 aliphatic rings. The van der Waals surface area contributed by atoms with Crippen molar-refractivity contribution in [3.63, 3.8) is 0 Å². The number of sulfonamides is 1. The molecule has 3 aromatic carbocycles. The van der Waals surface area contributed by atoms with Gasteiger partial charge in [-0.05, 0) is 42.3 Å². The number of imidazole rings is 1. The Balaban J connectivity index is 1.58. The first kappa shape index (κ1) is 19.5. The highest BCUT2D eigenvalue weighted by Crippen LogP contribution is 2.26. The van der Waals surface area contributed by atoms with E-state index in [4.69, 9.17) is 11.6 Å². The van der Waals surface area contributed by atoms with Gasteiger partial charge in [0.2, 0.25) is 10.0 Å². The summed E-state index contributed by atoms with van der Waals surface area (Å²) in [4.78, 5) is 4.46. The van der Waals surface area contributed by atoms with Crippen LogP contribution in [0.15, 0.2) is 79.1 Å². The van der Waals surface area contributed by atoms with E-state index in [2.05, 4.69) is 33.3 Å². The number of hydrogen-bond acceptors (Lipinski definition) is 3. The maximum atomic E-state index is 12.6. The Morgan fingerprint density at radius 1 is 1.03 bits per heavy atom. The molecule has 0 aliphatic carbocycles. The van der Waals surface area contributed by atoms with Crippen LogP contribution in [-0.2, 0) is 15.8 Å². The maximum absolute atomic E-state index is 12.6. The van der Waals surface area contributed by atoms with E-state index in [0.717, 1.165) is 11.0 Å². The second-order valence-electron chi connectivity index (χ2n) is 6.89. The molecule has 4 aromatic rings. The summed E-state index contributed by atoms with van der Waals surface area (Å²) < 4.78 is 29.8. The third kappa shape index (κ3) is 4.28. The minimum Gasteiger partial charge on any atom is -0.323 e. The number of benzene rings is 3. The molecule has 0 fully saturated rings. The van der Waals surface area contributed by atoms with E-state index in [1.54, 1.807) is 42.7 Å². The Labute approximate surface area is 175 Å². The molecule has 0 aliphatic heterocycles. The second kappa shape index (κ2) is 7.89. The van der Waals surface area contributed by atoms with E-state index in [1.807, 2.05) is 24.3 Å². The molecular formula is C22H20ClN3O2S. The predicted molar refractivity (Wildman–Crippen MR) is 118 cm³/mol. The molecule has 0 bridgehead atoms. The fourth-order valence-corrected chi connectivity index (χ4v) is 4.83. The first-order valence-electron chi connectivity index (χ1n) is 9.18. The molecule has 148 valence electrons. The van der Waals surface area contributed by atoms with Gasteiger partial charge in [-0.1, -0.05) is 60.1 Å². The van der Waals surface area contributed by atoms with Gasteiger partial charge in [-0.3, -0.25) is 4.72 Å². The third-order valence-corrected chi connectivity index (χ3v) is 6.46. The summed E-state index contributed by atoms with van der Waals surface area (Å²) in [5.74, 6) is -0.190. The molecule has 1 atom stereocenters. The molecule has 0 saturated heterocycles. The number of fused-ring (bicyclic) bond motifs is 1. The zero-order valence-electron chi connectivity index (χ0n) is 15.8. The van der Waals surface area contributed by atoms with Gasteiger partial charge in [0.15, 0.2) is 0 Å². The quantitative estimate of drug-likeness (QED) is 0.459. The van der Waals surface area contributed by atoms with Crippen molar-refractivity contribution < 1.29 is 8.42 Å². The van der Waals surface area contributed by atoms with Crippen LogP contribution in [0.4, 0.5) is 5.69 Å². The van der Waals surface area contributed by atoms with E-state index < -0.39 is 10.0 Å². The normalized spacial score (nSPS) is 12.8. The van der Waals surface area contributed by atoms with Crippen LogP contribution in [0.1, 0.15) is 24.1 Å². The van der Waals surface area contributed by atoms with E-state index in [9.17, 15) is 8.42 Å². The average molecular weight is 426 g/mol. The van der Waals surface area contributed by atoms with E-state index in [0.29, 0.717) is 16.3 Å². The lowest BCUT2D eigenvalue weighted by Crippen LogP contribution is -2.15. The number of rotatable bonds is 6. The number of hydrogen-bond donors (Lipinski definition) is 1. The lowest BCUT2D eigenvalue weighted by molar-refractivity contribution is 0.600. The second-order valence-corrected chi connectivity index (χ2v) is 9.02. The molecule has 0 amide bonds. The van der Waals surface area contributed by atoms with Crippen LogP contribution < -0.4 is 4.72 Å². The molecule has 0 spiro atoms. The number of nitrogens with zero attached hydrogens (tertiary/aromatic N) is 2. The van der Waals surface area contributed by atoms with Crippen molar-refractivity contribution in [2.24, 2.45) is 0 Å². The van der Waals surface area contributed by atoms with Gasteiger partial charge in [-0.15, -0.1) is 0 Å². The van der Waals surface area contributed by atoms with Crippen molar-refractivity contribution in [1.29, 1.82) is 0 Å². The van der Waals surface area contributed by atoms with Crippen molar-refractivity contribution in [2.75, 3.05) is 4.72 Å². The average Bonchev–Trinajstić information content (AvgIpc) is 3.12. The third-order valence-electron chi connectivity index (χ3n) is 4.85. The van der Waals surface area contributed by atoms with Crippen molar-refractivity contribution in [2.45, 2.75) is 18.7 Å². The monoisotopic (exact) mass is 425 g/mol. The molecule has 1 aromatic heterocycles. The minimum absolute atomic E-state index is 0.115. The molecule has 0 unspecified atom stereocenters. The van der Waals surface area contributed by atoms with Gasteiger partial charge >= 0.3 is 0 Å². The molecule has 7 heteroatoms. The summed E-state index contributed by atoms with van der Waals surface area (Å²) in [6.07, 6.45) is 1.78. The summed E-state index contributed by atoms with van der Waals surface area (Å²) in [6.45, 7) is 2.11. The van der Waals surface area contributed by atoms with E-state index in [-0.39, 0.29) is 11.8 Å². The molecule has 0 saturated carbocycles. The van der Waals surface area contributed by atoms with Crippen LogP contribution in [0.25, 0.3) is 11.0 Å². The summed E-state index contributed by atoms with van der Waals surface area (Å²) in [6, 6.07) is 22.6. The van der Waals surface area contributed by atoms with Crippen LogP contribution in [0, 0.1) is 0 Å². The van der Waals surface area contributed by atoms with Gasteiger partial charge in [-0.25, -0.2) is 13.4 Å².